The smallest absolute Gasteiger partial charge is 0.209 e. The Morgan fingerprint density at radius 1 is 1.50 bits per heavy atom. The number of nitrogens with one attached hydrogen (secondary N) is 2. The molecule has 76 valence electrons. The molecule has 0 saturated carbocycles. The lowest BCUT2D eigenvalue weighted by molar-refractivity contribution is 1.01. The minimum Gasteiger partial charge on any atom is -0.325 e. The van der Waals surface area contributed by atoms with Gasteiger partial charge in [-0.1, -0.05) is 17.7 Å². The number of aryl methyl sites for hydroxylation is 1. The molecule has 0 unspecified atom stereocenters. The predicted molar refractivity (Wildman–Crippen MR) is 60.5 cm³/mol. The topological polar surface area (TPSA) is 62.4 Å². The Kier molecular flexibility index (Phi) is 3.73. The minimum atomic E-state index is 0.496. The quantitative estimate of drug-likeness (QED) is 0.286. The number of rotatable bonds is 1. The zero-order valence-electron chi connectivity index (χ0n) is 8.13. The summed E-state index contributed by atoms with van der Waals surface area (Å²) < 4.78 is 0. The molecule has 0 radical (unpaired) electrons. The number of benzene rings is 1. The molecular formula is C9H13ClN4. The fourth-order valence-corrected chi connectivity index (χ4v) is 1.19. The highest BCUT2D eigenvalue weighted by Crippen LogP contribution is 2.19. The molecule has 1 aromatic carbocycles. The molecule has 0 aliphatic rings. The molecule has 0 saturated heterocycles. The van der Waals surface area contributed by atoms with Crippen LogP contribution in [0.15, 0.2) is 23.2 Å². The number of nitrogens with two attached hydrogens (primary N) is 1. The van der Waals surface area contributed by atoms with Gasteiger partial charge in [0.15, 0.2) is 0 Å². The molecule has 0 aliphatic heterocycles. The van der Waals surface area contributed by atoms with E-state index < -0.39 is 0 Å². The minimum absolute atomic E-state index is 0.496. The Morgan fingerprint density at radius 3 is 2.79 bits per heavy atom. The molecule has 0 amide bonds. The van der Waals surface area contributed by atoms with Crippen LogP contribution in [0.1, 0.15) is 5.56 Å². The molecule has 0 spiro atoms. The lowest BCUT2D eigenvalue weighted by Gasteiger charge is -2.10. The third kappa shape index (κ3) is 2.61. The average molecular weight is 213 g/mol. The second-order valence-corrected chi connectivity index (χ2v) is 3.24. The van der Waals surface area contributed by atoms with E-state index in [4.69, 9.17) is 17.4 Å². The summed E-state index contributed by atoms with van der Waals surface area (Å²) in [5.74, 6) is 5.74. The molecule has 4 nitrogen and oxygen atoms in total. The molecule has 0 bridgehead atoms. The zero-order chi connectivity index (χ0) is 10.6. The Bertz CT molecular complexity index is 349. The van der Waals surface area contributed by atoms with Crippen LogP contribution in [0.2, 0.25) is 5.02 Å². The van der Waals surface area contributed by atoms with Gasteiger partial charge < -0.3 is 5.32 Å². The second-order valence-electron chi connectivity index (χ2n) is 2.80. The summed E-state index contributed by atoms with van der Waals surface area (Å²) in [5, 5.41) is 3.69. The SMILES string of the molecule is CN=C(NN)Nc1cc(Cl)ccc1C. The van der Waals surface area contributed by atoms with Crippen molar-refractivity contribution in [2.45, 2.75) is 6.92 Å². The summed E-state index contributed by atoms with van der Waals surface area (Å²) in [5.41, 5.74) is 4.40. The summed E-state index contributed by atoms with van der Waals surface area (Å²) >= 11 is 5.86. The van der Waals surface area contributed by atoms with Crippen LogP contribution in [-0.4, -0.2) is 13.0 Å². The number of guanidine groups is 1. The summed E-state index contributed by atoms with van der Waals surface area (Å²) in [6.07, 6.45) is 0. The van der Waals surface area contributed by atoms with Gasteiger partial charge in [0.25, 0.3) is 0 Å². The van der Waals surface area contributed by atoms with Crippen molar-refractivity contribution >= 4 is 23.2 Å². The van der Waals surface area contributed by atoms with E-state index in [0.717, 1.165) is 11.3 Å². The van der Waals surface area contributed by atoms with Gasteiger partial charge >= 0.3 is 0 Å². The molecule has 5 heteroatoms. The second kappa shape index (κ2) is 4.83. The van der Waals surface area contributed by atoms with Gasteiger partial charge in [-0.25, -0.2) is 5.84 Å². The van der Waals surface area contributed by atoms with E-state index in [1.54, 1.807) is 7.05 Å². The third-order valence-electron chi connectivity index (χ3n) is 1.81. The van der Waals surface area contributed by atoms with Crippen molar-refractivity contribution < 1.29 is 0 Å². The lowest BCUT2D eigenvalue weighted by atomic mass is 10.2. The van der Waals surface area contributed by atoms with Gasteiger partial charge in [0, 0.05) is 17.8 Å². The predicted octanol–water partition coefficient (Wildman–Crippen LogP) is 1.51. The molecule has 0 aliphatic carbocycles. The molecule has 0 fully saturated rings. The molecule has 0 aromatic heterocycles. The first-order valence-electron chi connectivity index (χ1n) is 4.14. The Morgan fingerprint density at radius 2 is 2.21 bits per heavy atom. The number of nitrogens with zero attached hydrogens (tertiary/aromatic N) is 1. The van der Waals surface area contributed by atoms with Crippen LogP contribution >= 0.6 is 11.6 Å². The maximum Gasteiger partial charge on any atom is 0.209 e. The number of hydrazine groups is 1. The van der Waals surface area contributed by atoms with Crippen LogP contribution < -0.4 is 16.6 Å². The monoisotopic (exact) mass is 212 g/mol. The Balaban J connectivity index is 2.90. The van der Waals surface area contributed by atoms with E-state index in [1.807, 2.05) is 25.1 Å². The van der Waals surface area contributed by atoms with E-state index in [1.165, 1.54) is 0 Å². The van der Waals surface area contributed by atoms with Crippen molar-refractivity contribution in [2.24, 2.45) is 10.8 Å². The highest BCUT2D eigenvalue weighted by atomic mass is 35.5. The van der Waals surface area contributed by atoms with Gasteiger partial charge in [-0.2, -0.15) is 0 Å². The third-order valence-corrected chi connectivity index (χ3v) is 2.05. The molecule has 14 heavy (non-hydrogen) atoms. The van der Waals surface area contributed by atoms with E-state index in [9.17, 15) is 0 Å². The normalized spacial score (nSPS) is 11.3. The van der Waals surface area contributed by atoms with Gasteiger partial charge in [-0.15, -0.1) is 0 Å². The first-order valence-corrected chi connectivity index (χ1v) is 4.51. The first-order chi connectivity index (χ1) is 6.67. The van der Waals surface area contributed by atoms with Gasteiger partial charge in [0.2, 0.25) is 5.96 Å². The number of anilines is 1. The highest BCUT2D eigenvalue weighted by molar-refractivity contribution is 6.31. The maximum atomic E-state index is 5.86. The van der Waals surface area contributed by atoms with Crippen molar-refractivity contribution in [3.63, 3.8) is 0 Å². The van der Waals surface area contributed by atoms with E-state index in [2.05, 4.69) is 15.7 Å². The zero-order valence-corrected chi connectivity index (χ0v) is 8.89. The average Bonchev–Trinajstić information content (AvgIpc) is 2.19. The largest absolute Gasteiger partial charge is 0.325 e. The van der Waals surface area contributed by atoms with Crippen molar-refractivity contribution in [2.75, 3.05) is 12.4 Å². The number of aliphatic imine (C=N–C) groups is 1. The van der Waals surface area contributed by atoms with Crippen LogP contribution in [-0.2, 0) is 0 Å². The van der Waals surface area contributed by atoms with E-state index >= 15 is 0 Å². The van der Waals surface area contributed by atoms with Gasteiger partial charge in [0.1, 0.15) is 0 Å². The molecule has 4 N–H and O–H groups in total. The van der Waals surface area contributed by atoms with Crippen LogP contribution in [0.3, 0.4) is 0 Å². The first kappa shape index (κ1) is 10.8. The van der Waals surface area contributed by atoms with Crippen LogP contribution in [0.5, 0.6) is 0 Å². The Hall–Kier alpha value is -1.26. The summed E-state index contributed by atoms with van der Waals surface area (Å²) in [7, 11) is 1.64. The number of hydrogen-bond donors (Lipinski definition) is 3. The fraction of sp³-hybridized carbons (Fsp3) is 0.222. The number of hydrogen-bond acceptors (Lipinski definition) is 2. The van der Waals surface area contributed by atoms with Crippen LogP contribution in [0, 0.1) is 6.92 Å². The molecule has 0 heterocycles. The summed E-state index contributed by atoms with van der Waals surface area (Å²) in [6.45, 7) is 1.97. The van der Waals surface area contributed by atoms with Crippen molar-refractivity contribution in [3.8, 4) is 0 Å². The van der Waals surface area contributed by atoms with E-state index in [-0.39, 0.29) is 0 Å². The van der Waals surface area contributed by atoms with Crippen molar-refractivity contribution in [3.05, 3.63) is 28.8 Å². The molecule has 1 rings (SSSR count). The van der Waals surface area contributed by atoms with Gasteiger partial charge in [-0.3, -0.25) is 10.4 Å². The van der Waals surface area contributed by atoms with Crippen LogP contribution in [0.25, 0.3) is 0 Å². The summed E-state index contributed by atoms with van der Waals surface area (Å²) in [4.78, 5) is 3.90. The van der Waals surface area contributed by atoms with Gasteiger partial charge in [0.05, 0.1) is 0 Å². The molecule has 0 atom stereocenters. The van der Waals surface area contributed by atoms with Crippen molar-refractivity contribution in [1.29, 1.82) is 0 Å². The standard InChI is InChI=1S/C9H13ClN4/c1-6-3-4-7(10)5-8(6)13-9(12-2)14-11/h3-5H,11H2,1-2H3,(H2,12,13,14). The lowest BCUT2D eigenvalue weighted by Crippen LogP contribution is -2.36. The highest BCUT2D eigenvalue weighted by Gasteiger charge is 2.01. The molecular weight excluding hydrogens is 200 g/mol. The Labute approximate surface area is 88.1 Å². The van der Waals surface area contributed by atoms with E-state index in [0.29, 0.717) is 11.0 Å². The summed E-state index contributed by atoms with van der Waals surface area (Å²) in [6, 6.07) is 5.58. The van der Waals surface area contributed by atoms with Crippen LogP contribution in [0.4, 0.5) is 5.69 Å². The number of halogens is 1. The maximum absolute atomic E-state index is 5.86. The fourth-order valence-electron chi connectivity index (χ4n) is 1.01. The van der Waals surface area contributed by atoms with Crippen molar-refractivity contribution in [1.82, 2.24) is 5.43 Å². The molecule has 1 aromatic rings. The van der Waals surface area contributed by atoms with Gasteiger partial charge in [-0.05, 0) is 24.6 Å².